The Labute approximate surface area is 143 Å². The number of guanidine groups is 1. The van der Waals surface area contributed by atoms with E-state index in [9.17, 15) is 4.79 Å². The third-order valence-corrected chi connectivity index (χ3v) is 4.28. The van der Waals surface area contributed by atoms with Gasteiger partial charge in [0.25, 0.3) is 0 Å². The second kappa shape index (κ2) is 8.77. The van der Waals surface area contributed by atoms with Gasteiger partial charge in [-0.25, -0.2) is 0 Å². The Morgan fingerprint density at radius 3 is 2.78 bits per heavy atom. The van der Waals surface area contributed by atoms with Crippen molar-refractivity contribution in [2.24, 2.45) is 4.99 Å². The lowest BCUT2D eigenvalue weighted by Gasteiger charge is -2.18. The Morgan fingerprint density at radius 2 is 2.13 bits per heavy atom. The second-order valence-corrected chi connectivity index (χ2v) is 6.14. The van der Waals surface area contributed by atoms with Crippen molar-refractivity contribution in [1.82, 2.24) is 15.5 Å². The largest absolute Gasteiger partial charge is 0.356 e. The molecule has 0 radical (unpaired) electrons. The van der Waals surface area contributed by atoms with Crippen LogP contribution in [0.4, 0.5) is 0 Å². The molecule has 1 aliphatic heterocycles. The van der Waals surface area contributed by atoms with Gasteiger partial charge in [-0.15, -0.1) is 0 Å². The summed E-state index contributed by atoms with van der Waals surface area (Å²) in [5.74, 6) is 1.01. The van der Waals surface area contributed by atoms with Gasteiger partial charge in [0, 0.05) is 44.2 Å². The van der Waals surface area contributed by atoms with Crippen LogP contribution in [0.15, 0.2) is 29.3 Å². The molecule has 1 unspecified atom stereocenters. The molecule has 0 aromatic heterocycles. The molecule has 126 valence electrons. The number of hydrogen-bond donors (Lipinski definition) is 2. The van der Waals surface area contributed by atoms with Gasteiger partial charge in [0.2, 0.25) is 5.91 Å². The number of rotatable bonds is 5. The van der Waals surface area contributed by atoms with E-state index >= 15 is 0 Å². The number of nitrogens with zero attached hydrogens (tertiary/aromatic N) is 2. The molecule has 6 heteroatoms. The van der Waals surface area contributed by atoms with Crippen LogP contribution in [0, 0.1) is 0 Å². The van der Waals surface area contributed by atoms with Crippen LogP contribution in [0.5, 0.6) is 0 Å². The number of benzene rings is 1. The molecule has 2 rings (SSSR count). The molecule has 1 aromatic carbocycles. The average Bonchev–Trinajstić information content (AvgIpc) is 3.03. The van der Waals surface area contributed by atoms with E-state index in [1.54, 1.807) is 7.05 Å². The molecule has 0 spiro atoms. The van der Waals surface area contributed by atoms with Crippen molar-refractivity contribution in [2.75, 3.05) is 26.7 Å². The molecule has 23 heavy (non-hydrogen) atoms. The summed E-state index contributed by atoms with van der Waals surface area (Å²) in [5.41, 5.74) is 1.23. The SMILES string of the molecule is CCC(=O)N1CCC(NC(=NC)NCCc2ccc(Cl)cc2)C1. The van der Waals surface area contributed by atoms with Crippen LogP contribution in [0.25, 0.3) is 0 Å². The van der Waals surface area contributed by atoms with Gasteiger partial charge in [-0.2, -0.15) is 0 Å². The van der Waals surface area contributed by atoms with Gasteiger partial charge in [-0.1, -0.05) is 30.7 Å². The van der Waals surface area contributed by atoms with Crippen LogP contribution in [-0.2, 0) is 11.2 Å². The third-order valence-electron chi connectivity index (χ3n) is 4.03. The Balaban J connectivity index is 1.73. The summed E-state index contributed by atoms with van der Waals surface area (Å²) in [4.78, 5) is 17.9. The molecule has 2 N–H and O–H groups in total. The Kier molecular flexibility index (Phi) is 6.71. The van der Waals surface area contributed by atoms with E-state index in [1.165, 1.54) is 5.56 Å². The van der Waals surface area contributed by atoms with E-state index in [1.807, 2.05) is 36.1 Å². The Hall–Kier alpha value is -1.75. The third kappa shape index (κ3) is 5.43. The molecule has 1 heterocycles. The highest BCUT2D eigenvalue weighted by Gasteiger charge is 2.25. The predicted molar refractivity (Wildman–Crippen MR) is 94.9 cm³/mol. The molecule has 0 saturated carbocycles. The summed E-state index contributed by atoms with van der Waals surface area (Å²) in [6, 6.07) is 8.15. The van der Waals surface area contributed by atoms with Gasteiger partial charge in [0.1, 0.15) is 0 Å². The van der Waals surface area contributed by atoms with Crippen molar-refractivity contribution in [3.8, 4) is 0 Å². The number of halogens is 1. The number of carbonyl (C=O) groups is 1. The number of aliphatic imine (C=N–C) groups is 1. The molecule has 1 aliphatic rings. The van der Waals surface area contributed by atoms with E-state index in [4.69, 9.17) is 11.6 Å². The monoisotopic (exact) mass is 336 g/mol. The fraction of sp³-hybridized carbons (Fsp3) is 0.529. The second-order valence-electron chi connectivity index (χ2n) is 5.70. The van der Waals surface area contributed by atoms with Gasteiger partial charge in [0.15, 0.2) is 5.96 Å². The molecule has 5 nitrogen and oxygen atoms in total. The summed E-state index contributed by atoms with van der Waals surface area (Å²) in [5, 5.41) is 7.47. The van der Waals surface area contributed by atoms with Gasteiger partial charge in [-0.3, -0.25) is 9.79 Å². The topological polar surface area (TPSA) is 56.7 Å². The summed E-state index contributed by atoms with van der Waals surface area (Å²) >= 11 is 5.89. The van der Waals surface area contributed by atoms with Crippen molar-refractivity contribution in [2.45, 2.75) is 32.2 Å². The zero-order valence-electron chi connectivity index (χ0n) is 13.8. The molecule has 0 aliphatic carbocycles. The van der Waals surface area contributed by atoms with Gasteiger partial charge < -0.3 is 15.5 Å². The molecule has 1 amide bonds. The standard InChI is InChI=1S/C17H25ClN4O/c1-3-16(23)22-11-9-15(12-22)21-17(19-2)20-10-8-13-4-6-14(18)7-5-13/h4-7,15H,3,8-12H2,1-2H3,(H2,19,20,21). The van der Waals surface area contributed by atoms with E-state index in [2.05, 4.69) is 15.6 Å². The minimum atomic E-state index is 0.222. The highest BCUT2D eigenvalue weighted by Crippen LogP contribution is 2.11. The normalized spacial score (nSPS) is 18.1. The first-order chi connectivity index (χ1) is 11.1. The van der Waals surface area contributed by atoms with Crippen LogP contribution < -0.4 is 10.6 Å². The fourth-order valence-electron chi connectivity index (χ4n) is 2.69. The summed E-state index contributed by atoms with van der Waals surface area (Å²) < 4.78 is 0. The van der Waals surface area contributed by atoms with Gasteiger partial charge in [-0.05, 0) is 30.5 Å². The van der Waals surface area contributed by atoms with Gasteiger partial charge in [0.05, 0.1) is 0 Å². The molecule has 1 aromatic rings. The highest BCUT2D eigenvalue weighted by atomic mass is 35.5. The lowest BCUT2D eigenvalue weighted by Crippen LogP contribution is -2.45. The zero-order valence-corrected chi connectivity index (χ0v) is 14.6. The Bertz CT molecular complexity index is 544. The molecular weight excluding hydrogens is 312 g/mol. The number of likely N-dealkylation sites (tertiary alicyclic amines) is 1. The first-order valence-electron chi connectivity index (χ1n) is 8.11. The quantitative estimate of drug-likeness (QED) is 0.639. The first kappa shape index (κ1) is 17.6. The Morgan fingerprint density at radius 1 is 1.39 bits per heavy atom. The number of amides is 1. The number of carbonyl (C=O) groups excluding carboxylic acids is 1. The predicted octanol–water partition coefficient (Wildman–Crippen LogP) is 2.06. The summed E-state index contributed by atoms with van der Waals surface area (Å²) in [6.45, 7) is 4.28. The maximum absolute atomic E-state index is 11.7. The maximum atomic E-state index is 11.7. The van der Waals surface area contributed by atoms with Crippen molar-refractivity contribution >= 4 is 23.5 Å². The molecule has 1 fully saturated rings. The van der Waals surface area contributed by atoms with E-state index in [-0.39, 0.29) is 11.9 Å². The van der Waals surface area contributed by atoms with Crippen LogP contribution in [0.2, 0.25) is 5.02 Å². The smallest absolute Gasteiger partial charge is 0.222 e. The fourth-order valence-corrected chi connectivity index (χ4v) is 2.82. The van der Waals surface area contributed by atoms with Crippen LogP contribution in [0.3, 0.4) is 0 Å². The number of nitrogens with one attached hydrogen (secondary N) is 2. The molecule has 0 bridgehead atoms. The lowest BCUT2D eigenvalue weighted by atomic mass is 10.1. The minimum Gasteiger partial charge on any atom is -0.356 e. The van der Waals surface area contributed by atoms with Gasteiger partial charge >= 0.3 is 0 Å². The maximum Gasteiger partial charge on any atom is 0.222 e. The van der Waals surface area contributed by atoms with E-state index in [0.717, 1.165) is 43.5 Å². The molecule has 1 atom stereocenters. The van der Waals surface area contributed by atoms with Crippen molar-refractivity contribution in [3.05, 3.63) is 34.9 Å². The van der Waals surface area contributed by atoms with Crippen LogP contribution >= 0.6 is 11.6 Å². The average molecular weight is 337 g/mol. The minimum absolute atomic E-state index is 0.222. The highest BCUT2D eigenvalue weighted by molar-refractivity contribution is 6.30. The lowest BCUT2D eigenvalue weighted by molar-refractivity contribution is -0.129. The van der Waals surface area contributed by atoms with Crippen LogP contribution in [0.1, 0.15) is 25.3 Å². The molecular formula is C17H25ClN4O. The first-order valence-corrected chi connectivity index (χ1v) is 8.49. The zero-order chi connectivity index (χ0) is 16.7. The van der Waals surface area contributed by atoms with Crippen molar-refractivity contribution in [3.63, 3.8) is 0 Å². The van der Waals surface area contributed by atoms with E-state index in [0.29, 0.717) is 6.42 Å². The van der Waals surface area contributed by atoms with Crippen molar-refractivity contribution < 1.29 is 4.79 Å². The number of hydrogen-bond acceptors (Lipinski definition) is 2. The van der Waals surface area contributed by atoms with Crippen LogP contribution in [-0.4, -0.2) is 49.5 Å². The summed E-state index contributed by atoms with van der Waals surface area (Å²) in [7, 11) is 1.77. The van der Waals surface area contributed by atoms with E-state index < -0.39 is 0 Å². The molecule has 1 saturated heterocycles. The summed E-state index contributed by atoms with van der Waals surface area (Å²) in [6.07, 6.45) is 2.44. The van der Waals surface area contributed by atoms with Crippen molar-refractivity contribution in [1.29, 1.82) is 0 Å².